The molecule has 0 heterocycles. The smallest absolute Gasteiger partial charge is 0.322 e. The fourth-order valence-corrected chi connectivity index (χ4v) is 3.25. The number of aliphatic carboxylic acids is 1. The number of benzene rings is 2. The van der Waals surface area contributed by atoms with Crippen LogP contribution in [0.5, 0.6) is 5.75 Å². The first-order chi connectivity index (χ1) is 13.9. The van der Waals surface area contributed by atoms with Crippen LogP contribution in [0, 0.1) is 5.41 Å². The molecule has 0 saturated heterocycles. The van der Waals surface area contributed by atoms with E-state index in [2.05, 4.69) is 10.0 Å². The number of rotatable bonds is 7. The zero-order chi connectivity index (χ0) is 22.5. The first-order valence-electron chi connectivity index (χ1n) is 8.84. The molecule has 0 bridgehead atoms. The number of hydrogen-bond acceptors (Lipinski definition) is 6. The predicted molar refractivity (Wildman–Crippen MR) is 123 cm³/mol. The van der Waals surface area contributed by atoms with Gasteiger partial charge in [0.2, 0.25) is 0 Å². The molecule has 192 valence electrons. The Morgan fingerprint density at radius 2 is 1.44 bits per heavy atom. The summed E-state index contributed by atoms with van der Waals surface area (Å²) in [5, 5.41) is 10.9. The van der Waals surface area contributed by atoms with Gasteiger partial charge < -0.3 is 37.1 Å². The number of amides is 1. The molecule has 0 unspecified atom stereocenters. The van der Waals surface area contributed by atoms with Crippen molar-refractivity contribution in [1.82, 2.24) is 5.32 Å². The van der Waals surface area contributed by atoms with E-state index in [1.165, 1.54) is 48.5 Å². The Labute approximate surface area is 196 Å². The van der Waals surface area contributed by atoms with E-state index in [0.29, 0.717) is 0 Å². The van der Waals surface area contributed by atoms with Gasteiger partial charge in [-0.25, -0.2) is 8.42 Å². The maximum atomic E-state index is 12.7. The first kappa shape index (κ1) is 35.0. The van der Waals surface area contributed by atoms with Gasteiger partial charge in [-0.15, -0.1) is 0 Å². The van der Waals surface area contributed by atoms with E-state index in [1.54, 1.807) is 20.8 Å². The average Bonchev–Trinajstić information content (AvgIpc) is 2.66. The molecule has 0 spiro atoms. The maximum absolute atomic E-state index is 12.7. The number of sulfonamides is 1. The molecule has 0 aliphatic carbocycles. The second-order valence-corrected chi connectivity index (χ2v) is 9.02. The molecule has 0 atom stereocenters. The summed E-state index contributed by atoms with van der Waals surface area (Å²) in [6.07, 6.45) is 0. The van der Waals surface area contributed by atoms with Gasteiger partial charge in [-0.2, -0.15) is 0 Å². The van der Waals surface area contributed by atoms with Crippen molar-refractivity contribution in [3.05, 3.63) is 54.1 Å². The molecule has 0 aliphatic rings. The normalized spacial score (nSPS) is 10.1. The van der Waals surface area contributed by atoms with Gasteiger partial charge in [0.05, 0.1) is 21.6 Å². The molecule has 0 radical (unpaired) electrons. The number of anilines is 1. The Balaban J connectivity index is -0.00000240. The molecular weight excluding hydrogens is 476 g/mol. The average molecular weight is 507 g/mol. The molecule has 0 aliphatic heterocycles. The van der Waals surface area contributed by atoms with E-state index in [4.69, 9.17) is 9.84 Å². The van der Waals surface area contributed by atoms with Crippen molar-refractivity contribution < 1.29 is 54.5 Å². The van der Waals surface area contributed by atoms with Crippen LogP contribution in [0.15, 0.2) is 53.4 Å². The first-order valence-corrected chi connectivity index (χ1v) is 10.3. The third-order valence-corrected chi connectivity index (χ3v) is 5.15. The fraction of sp³-hybridized carbons (Fsp3) is 0.250. The van der Waals surface area contributed by atoms with Crippen molar-refractivity contribution in [2.24, 2.45) is 5.41 Å². The van der Waals surface area contributed by atoms with Gasteiger partial charge in [0.25, 0.3) is 15.9 Å². The van der Waals surface area contributed by atoms with E-state index in [-0.39, 0.29) is 43.8 Å². The lowest BCUT2D eigenvalue weighted by Crippen LogP contribution is -2.30. The van der Waals surface area contributed by atoms with Crippen molar-refractivity contribution >= 4 is 33.6 Å². The maximum Gasteiger partial charge on any atom is 0.322 e. The van der Waals surface area contributed by atoms with E-state index in [1.807, 2.05) is 0 Å². The summed E-state index contributed by atoms with van der Waals surface area (Å²) in [4.78, 5) is 34.6. The van der Waals surface area contributed by atoms with Gasteiger partial charge in [-0.1, -0.05) is 12.1 Å². The van der Waals surface area contributed by atoms with E-state index in [9.17, 15) is 22.8 Å². The van der Waals surface area contributed by atoms with Crippen LogP contribution in [-0.2, 0) is 19.6 Å². The Morgan fingerprint density at radius 1 is 0.912 bits per heavy atom. The Bertz CT molecular complexity index is 1060. The highest BCUT2D eigenvalue weighted by molar-refractivity contribution is 7.92. The topological polar surface area (TPSA) is 265 Å². The number of carbonyl (C=O) groups is 3. The largest absolute Gasteiger partial charge is 0.480 e. The summed E-state index contributed by atoms with van der Waals surface area (Å²) in [5.41, 5.74) is -0.751. The summed E-state index contributed by atoms with van der Waals surface area (Å²) >= 11 is 0. The van der Waals surface area contributed by atoms with Crippen LogP contribution in [0.25, 0.3) is 0 Å². The molecule has 2 aromatic rings. The number of nitrogens with one attached hydrogen (secondary N) is 2. The highest BCUT2D eigenvalue weighted by atomic mass is 32.2. The van der Waals surface area contributed by atoms with Crippen LogP contribution in [0.1, 0.15) is 31.1 Å². The molecule has 34 heavy (non-hydrogen) atoms. The van der Waals surface area contributed by atoms with Gasteiger partial charge in [0, 0.05) is 0 Å². The number of para-hydroxylation sites is 1. The molecule has 2 rings (SSSR count). The van der Waals surface area contributed by atoms with Crippen LogP contribution in [0.3, 0.4) is 0 Å². The Kier molecular flexibility index (Phi) is 14.3. The minimum absolute atomic E-state index is 0. The Morgan fingerprint density at radius 3 is 1.94 bits per heavy atom. The molecular formula is C20H30N2O11S. The Hall–Kier alpha value is -3.56. The lowest BCUT2D eigenvalue weighted by molar-refractivity contribution is -0.143. The SMILES string of the molecule is CC(C)(C)C(=O)Oc1ccc(S(=O)(=O)Nc2ccccc2C(=O)NCC(=O)O)cc1.O.O.O.O. The summed E-state index contributed by atoms with van der Waals surface area (Å²) in [7, 11) is -4.06. The van der Waals surface area contributed by atoms with Crippen LogP contribution in [0.4, 0.5) is 5.69 Å². The number of ether oxygens (including phenoxy) is 1. The predicted octanol–water partition coefficient (Wildman–Crippen LogP) is -1.05. The number of carboxylic acids is 1. The molecule has 2 aromatic carbocycles. The summed E-state index contributed by atoms with van der Waals surface area (Å²) in [6.45, 7) is 4.49. The molecule has 0 aromatic heterocycles. The van der Waals surface area contributed by atoms with Crippen molar-refractivity contribution in [3.8, 4) is 5.75 Å². The van der Waals surface area contributed by atoms with Crippen molar-refractivity contribution in [1.29, 1.82) is 0 Å². The quantitative estimate of drug-likeness (QED) is 0.309. The highest BCUT2D eigenvalue weighted by Gasteiger charge is 2.24. The second kappa shape index (κ2) is 13.9. The van der Waals surface area contributed by atoms with Crippen LogP contribution in [0.2, 0.25) is 0 Å². The molecule has 1 amide bonds. The lowest BCUT2D eigenvalue weighted by atomic mass is 9.97. The minimum Gasteiger partial charge on any atom is -0.480 e. The number of carbonyl (C=O) groups excluding carboxylic acids is 2. The zero-order valence-electron chi connectivity index (χ0n) is 18.6. The number of esters is 1. The zero-order valence-corrected chi connectivity index (χ0v) is 19.4. The molecule has 14 heteroatoms. The fourth-order valence-electron chi connectivity index (χ4n) is 2.17. The van der Waals surface area contributed by atoms with Gasteiger partial charge >= 0.3 is 11.9 Å². The summed E-state index contributed by atoms with van der Waals surface area (Å²) < 4.78 is 32.9. The van der Waals surface area contributed by atoms with Crippen LogP contribution in [-0.4, -0.2) is 59.8 Å². The van der Waals surface area contributed by atoms with Gasteiger partial charge in [0.1, 0.15) is 12.3 Å². The highest BCUT2D eigenvalue weighted by Crippen LogP contribution is 2.23. The molecule has 0 fully saturated rings. The van der Waals surface area contributed by atoms with Gasteiger partial charge in [-0.3, -0.25) is 19.1 Å². The van der Waals surface area contributed by atoms with Crippen LogP contribution >= 0.6 is 0 Å². The number of hydrogen-bond donors (Lipinski definition) is 3. The monoisotopic (exact) mass is 506 g/mol. The van der Waals surface area contributed by atoms with Crippen molar-refractivity contribution in [2.45, 2.75) is 25.7 Å². The minimum atomic E-state index is -4.06. The second-order valence-electron chi connectivity index (χ2n) is 7.34. The van der Waals surface area contributed by atoms with E-state index >= 15 is 0 Å². The third kappa shape index (κ3) is 9.51. The standard InChI is InChI=1S/C20H22N2O7S.4H2O/c1-20(2,3)19(26)29-13-8-10-14(11-9-13)30(27,28)22-16-7-5-4-6-15(16)18(25)21-12-17(23)24;;;;/h4-11,22H,12H2,1-3H3,(H,21,25)(H,23,24);4*1H2. The van der Waals surface area contributed by atoms with Gasteiger partial charge in [0.15, 0.2) is 0 Å². The van der Waals surface area contributed by atoms with E-state index in [0.717, 1.165) is 0 Å². The van der Waals surface area contributed by atoms with Gasteiger partial charge in [-0.05, 0) is 57.2 Å². The van der Waals surface area contributed by atoms with Crippen molar-refractivity contribution in [3.63, 3.8) is 0 Å². The molecule has 0 saturated carbocycles. The third-order valence-electron chi connectivity index (χ3n) is 3.77. The van der Waals surface area contributed by atoms with Crippen LogP contribution < -0.4 is 14.8 Å². The summed E-state index contributed by atoms with van der Waals surface area (Å²) in [6, 6.07) is 11.0. The molecule has 11 N–H and O–H groups in total. The van der Waals surface area contributed by atoms with Crippen molar-refractivity contribution in [2.75, 3.05) is 11.3 Å². The number of carboxylic acid groups (broad SMARTS) is 1. The molecule has 13 nitrogen and oxygen atoms in total. The summed E-state index contributed by atoms with van der Waals surface area (Å²) in [5.74, 6) is -2.23. The van der Waals surface area contributed by atoms with E-state index < -0.39 is 39.8 Å². The lowest BCUT2D eigenvalue weighted by Gasteiger charge is -2.16.